The van der Waals surface area contributed by atoms with Gasteiger partial charge in [-0.25, -0.2) is 14.8 Å². The molecular formula is C24H18FN3O. The number of hydrogen-bond donors (Lipinski definition) is 1. The number of halogens is 1. The van der Waals surface area contributed by atoms with Gasteiger partial charge in [0.15, 0.2) is 0 Å². The highest BCUT2D eigenvalue weighted by Gasteiger charge is 2.13. The number of rotatable bonds is 4. The summed E-state index contributed by atoms with van der Waals surface area (Å²) in [6, 6.07) is 25.0. The molecule has 0 aliphatic carbocycles. The first-order valence-electron chi connectivity index (χ1n) is 9.17. The number of carbonyl (C=O) groups excluding carboxylic acids is 1. The molecule has 29 heavy (non-hydrogen) atoms. The van der Waals surface area contributed by atoms with Gasteiger partial charge < -0.3 is 0 Å². The highest BCUT2D eigenvalue weighted by molar-refractivity contribution is 6.08. The summed E-state index contributed by atoms with van der Waals surface area (Å²) in [6.07, 6.45) is 0. The second kappa shape index (κ2) is 8.02. The Morgan fingerprint density at radius 2 is 1.62 bits per heavy atom. The number of aromatic nitrogens is 1. The Kier molecular flexibility index (Phi) is 5.12. The van der Waals surface area contributed by atoms with Gasteiger partial charge in [0.1, 0.15) is 5.82 Å². The predicted octanol–water partition coefficient (Wildman–Crippen LogP) is 5.19. The second-order valence-electron chi connectivity index (χ2n) is 6.58. The van der Waals surface area contributed by atoms with Crippen molar-refractivity contribution in [2.45, 2.75) is 6.92 Å². The molecule has 0 bridgehead atoms. The fourth-order valence-corrected chi connectivity index (χ4v) is 3.07. The van der Waals surface area contributed by atoms with E-state index in [2.05, 4.69) is 15.5 Å². The summed E-state index contributed by atoms with van der Waals surface area (Å²) in [5, 5.41) is 4.93. The number of pyridine rings is 1. The minimum Gasteiger partial charge on any atom is -0.267 e. The standard InChI is InChI=1S/C24H18FN3O/c1-16(17-11-13-19(25)14-12-17)27-28-24(29)21-15-23(18-7-3-2-4-8-18)26-22-10-6-5-9-20(21)22/h2-15H,1H3,(H,28,29)/b27-16+. The monoisotopic (exact) mass is 383 g/mol. The number of hydrazone groups is 1. The van der Waals surface area contributed by atoms with Gasteiger partial charge in [-0.1, -0.05) is 60.7 Å². The van der Waals surface area contributed by atoms with Gasteiger partial charge in [-0.15, -0.1) is 0 Å². The molecule has 0 fully saturated rings. The Labute approximate surface area is 167 Å². The van der Waals surface area contributed by atoms with E-state index in [0.29, 0.717) is 17.0 Å². The van der Waals surface area contributed by atoms with Gasteiger partial charge in [0.05, 0.1) is 22.5 Å². The predicted molar refractivity (Wildman–Crippen MR) is 113 cm³/mol. The van der Waals surface area contributed by atoms with Gasteiger partial charge in [-0.3, -0.25) is 4.79 Å². The molecule has 0 unspecified atom stereocenters. The molecule has 0 radical (unpaired) electrons. The van der Waals surface area contributed by atoms with Crippen LogP contribution in [0.25, 0.3) is 22.2 Å². The summed E-state index contributed by atoms with van der Waals surface area (Å²) in [6.45, 7) is 1.76. The van der Waals surface area contributed by atoms with Crippen molar-refractivity contribution in [3.05, 3.63) is 102 Å². The van der Waals surface area contributed by atoms with E-state index in [9.17, 15) is 9.18 Å². The smallest absolute Gasteiger partial charge is 0.267 e. The van der Waals surface area contributed by atoms with Crippen LogP contribution in [0.1, 0.15) is 22.8 Å². The van der Waals surface area contributed by atoms with E-state index in [-0.39, 0.29) is 11.7 Å². The van der Waals surface area contributed by atoms with E-state index in [1.165, 1.54) is 12.1 Å². The molecule has 0 aliphatic heterocycles. The van der Waals surface area contributed by atoms with Crippen molar-refractivity contribution in [2.75, 3.05) is 0 Å². The second-order valence-corrected chi connectivity index (χ2v) is 6.58. The molecule has 4 nitrogen and oxygen atoms in total. The van der Waals surface area contributed by atoms with E-state index < -0.39 is 0 Å². The Bertz CT molecular complexity index is 1200. The summed E-state index contributed by atoms with van der Waals surface area (Å²) in [5.41, 5.74) is 6.80. The zero-order valence-electron chi connectivity index (χ0n) is 15.8. The first-order valence-corrected chi connectivity index (χ1v) is 9.17. The summed E-state index contributed by atoms with van der Waals surface area (Å²) < 4.78 is 13.1. The van der Waals surface area contributed by atoms with Crippen LogP contribution in [-0.2, 0) is 0 Å². The van der Waals surface area contributed by atoms with Crippen molar-refractivity contribution in [2.24, 2.45) is 5.10 Å². The molecule has 0 atom stereocenters. The van der Waals surface area contributed by atoms with Crippen LogP contribution in [0.5, 0.6) is 0 Å². The average molecular weight is 383 g/mol. The molecule has 0 spiro atoms. The molecule has 1 N–H and O–H groups in total. The minimum atomic E-state index is -0.331. The molecule has 142 valence electrons. The van der Waals surface area contributed by atoms with E-state index in [1.807, 2.05) is 54.6 Å². The number of nitrogens with zero attached hydrogens (tertiary/aromatic N) is 2. The molecule has 3 aromatic carbocycles. The Morgan fingerprint density at radius 1 is 0.931 bits per heavy atom. The fraction of sp³-hybridized carbons (Fsp3) is 0.0417. The Hall–Kier alpha value is -3.86. The van der Waals surface area contributed by atoms with Crippen LogP contribution in [0.15, 0.2) is 90.0 Å². The molecule has 0 aliphatic rings. The fourth-order valence-electron chi connectivity index (χ4n) is 3.07. The number of hydrogen-bond acceptors (Lipinski definition) is 3. The number of carbonyl (C=O) groups is 1. The zero-order valence-corrected chi connectivity index (χ0v) is 15.8. The lowest BCUT2D eigenvalue weighted by atomic mass is 10.0. The van der Waals surface area contributed by atoms with Gasteiger partial charge in [-0.2, -0.15) is 5.10 Å². The third-order valence-electron chi connectivity index (χ3n) is 4.62. The van der Waals surface area contributed by atoms with Crippen molar-refractivity contribution in [1.82, 2.24) is 10.4 Å². The summed E-state index contributed by atoms with van der Waals surface area (Å²) >= 11 is 0. The number of benzene rings is 3. The van der Waals surface area contributed by atoms with Gasteiger partial charge in [0, 0.05) is 10.9 Å². The van der Waals surface area contributed by atoms with Gasteiger partial charge in [-0.05, 0) is 36.8 Å². The molecule has 1 aromatic heterocycles. The van der Waals surface area contributed by atoms with Gasteiger partial charge in [0.2, 0.25) is 0 Å². The van der Waals surface area contributed by atoms with Crippen molar-refractivity contribution in [3.63, 3.8) is 0 Å². The lowest BCUT2D eigenvalue weighted by Crippen LogP contribution is -2.20. The van der Waals surface area contributed by atoms with Crippen molar-refractivity contribution < 1.29 is 9.18 Å². The number of nitrogens with one attached hydrogen (secondary N) is 1. The minimum absolute atomic E-state index is 0.317. The van der Waals surface area contributed by atoms with Crippen LogP contribution < -0.4 is 5.43 Å². The molecule has 4 rings (SSSR count). The summed E-state index contributed by atoms with van der Waals surface area (Å²) in [7, 11) is 0. The maximum absolute atomic E-state index is 13.1. The van der Waals surface area contributed by atoms with Gasteiger partial charge >= 0.3 is 0 Å². The molecule has 1 amide bonds. The first-order chi connectivity index (χ1) is 14.1. The molecule has 0 saturated carbocycles. The lowest BCUT2D eigenvalue weighted by Gasteiger charge is -2.09. The third-order valence-corrected chi connectivity index (χ3v) is 4.62. The molecule has 4 aromatic rings. The van der Waals surface area contributed by atoms with Crippen LogP contribution in [0, 0.1) is 5.82 Å². The third kappa shape index (κ3) is 4.04. The SMILES string of the molecule is C/C(=N\NC(=O)c1cc(-c2ccccc2)nc2ccccc12)c1ccc(F)cc1. The topological polar surface area (TPSA) is 54.4 Å². The van der Waals surface area contributed by atoms with Crippen LogP contribution in [-0.4, -0.2) is 16.6 Å². The average Bonchev–Trinajstić information content (AvgIpc) is 2.77. The maximum Gasteiger partial charge on any atom is 0.272 e. The van der Waals surface area contributed by atoms with E-state index in [1.54, 1.807) is 25.1 Å². The maximum atomic E-state index is 13.1. The largest absolute Gasteiger partial charge is 0.272 e. The normalized spacial score (nSPS) is 11.4. The summed E-state index contributed by atoms with van der Waals surface area (Å²) in [4.78, 5) is 17.6. The first kappa shape index (κ1) is 18.5. The highest BCUT2D eigenvalue weighted by atomic mass is 19.1. The van der Waals surface area contributed by atoms with Crippen LogP contribution in [0.4, 0.5) is 4.39 Å². The number of fused-ring (bicyclic) bond motifs is 1. The Morgan fingerprint density at radius 3 is 2.38 bits per heavy atom. The van der Waals surface area contributed by atoms with Crippen molar-refractivity contribution in [1.29, 1.82) is 0 Å². The number of amides is 1. The quantitative estimate of drug-likeness (QED) is 0.389. The lowest BCUT2D eigenvalue weighted by molar-refractivity contribution is 0.0956. The van der Waals surface area contributed by atoms with Gasteiger partial charge in [0.25, 0.3) is 5.91 Å². The van der Waals surface area contributed by atoms with E-state index in [0.717, 1.165) is 22.0 Å². The van der Waals surface area contributed by atoms with Crippen LogP contribution in [0.3, 0.4) is 0 Å². The summed E-state index contributed by atoms with van der Waals surface area (Å²) in [5.74, 6) is -0.649. The van der Waals surface area contributed by atoms with E-state index >= 15 is 0 Å². The Balaban J connectivity index is 1.69. The van der Waals surface area contributed by atoms with Crippen molar-refractivity contribution >= 4 is 22.5 Å². The molecule has 5 heteroatoms. The highest BCUT2D eigenvalue weighted by Crippen LogP contribution is 2.24. The zero-order chi connectivity index (χ0) is 20.2. The van der Waals surface area contributed by atoms with Crippen LogP contribution in [0.2, 0.25) is 0 Å². The van der Waals surface area contributed by atoms with E-state index in [4.69, 9.17) is 0 Å². The number of para-hydroxylation sites is 1. The molecule has 0 saturated heterocycles. The van der Waals surface area contributed by atoms with Crippen molar-refractivity contribution in [3.8, 4) is 11.3 Å². The molecule has 1 heterocycles. The van der Waals surface area contributed by atoms with Crippen LogP contribution >= 0.6 is 0 Å². The molecular weight excluding hydrogens is 365 g/mol.